The van der Waals surface area contributed by atoms with Gasteiger partial charge in [0.25, 0.3) is 0 Å². The molecule has 1 nitrogen and oxygen atoms in total. The van der Waals surface area contributed by atoms with Crippen molar-refractivity contribution < 1.29 is 4.74 Å². The van der Waals surface area contributed by atoms with Gasteiger partial charge in [-0.05, 0) is 18.4 Å². The predicted molar refractivity (Wildman–Crippen MR) is 57.0 cm³/mol. The monoisotopic (exact) mass is 194 g/mol. The highest BCUT2D eigenvalue weighted by Gasteiger charge is 2.26. The topological polar surface area (TPSA) is 9.23 Å². The third-order valence-electron chi connectivity index (χ3n) is 2.40. The summed E-state index contributed by atoms with van der Waals surface area (Å²) in [4.78, 5) is 0. The molecule has 0 unspecified atom stereocenters. The molecule has 1 aromatic rings. The predicted octanol–water partition coefficient (Wildman–Crippen LogP) is 2.66. The second-order valence-corrected chi connectivity index (χ2v) is 4.27. The smallest absolute Gasteiger partial charge is 0.0720 e. The number of benzene rings is 1. The Morgan fingerprint density at radius 1 is 1.23 bits per heavy atom. The molecule has 0 saturated heterocycles. The number of hydrogen-bond acceptors (Lipinski definition) is 2. The van der Waals surface area contributed by atoms with Crippen LogP contribution in [0.25, 0.3) is 0 Å². The first-order valence-corrected chi connectivity index (χ1v) is 5.20. The summed E-state index contributed by atoms with van der Waals surface area (Å²) < 4.78 is 5.69. The second-order valence-electron chi connectivity index (χ2n) is 3.54. The highest BCUT2D eigenvalue weighted by Crippen LogP contribution is 2.28. The molecule has 0 bridgehead atoms. The summed E-state index contributed by atoms with van der Waals surface area (Å²) >= 11 is 4.34. The van der Waals surface area contributed by atoms with E-state index in [2.05, 4.69) is 24.8 Å². The summed E-state index contributed by atoms with van der Waals surface area (Å²) in [7, 11) is 0. The average Bonchev–Trinajstić information content (AvgIpc) is 2.12. The lowest BCUT2D eigenvalue weighted by Crippen LogP contribution is -2.31. The lowest BCUT2D eigenvalue weighted by molar-refractivity contribution is -0.00467. The molecule has 2 heteroatoms. The van der Waals surface area contributed by atoms with Gasteiger partial charge in [0.2, 0.25) is 0 Å². The Balaban J connectivity index is 1.74. The fourth-order valence-electron chi connectivity index (χ4n) is 1.46. The van der Waals surface area contributed by atoms with Crippen molar-refractivity contribution in [3.05, 3.63) is 35.9 Å². The number of rotatable bonds is 3. The van der Waals surface area contributed by atoms with Crippen molar-refractivity contribution in [1.29, 1.82) is 0 Å². The third kappa shape index (κ3) is 2.48. The number of ether oxygens (including phenoxy) is 1. The normalized spacial score (nSPS) is 26.8. The second kappa shape index (κ2) is 4.16. The maximum Gasteiger partial charge on any atom is 0.0720 e. The van der Waals surface area contributed by atoms with Gasteiger partial charge < -0.3 is 4.74 Å². The van der Waals surface area contributed by atoms with E-state index in [9.17, 15) is 0 Å². The van der Waals surface area contributed by atoms with Crippen LogP contribution in [-0.4, -0.2) is 11.4 Å². The summed E-state index contributed by atoms with van der Waals surface area (Å²) in [6.45, 7) is 0.742. The molecule has 2 rings (SSSR count). The molecule has 1 saturated carbocycles. The molecular weight excluding hydrogens is 180 g/mol. The standard InChI is InChI=1S/C11H14OS/c13-11-6-10(7-11)12-8-9-4-2-1-3-5-9/h1-5,10-11,13H,6-8H2. The van der Waals surface area contributed by atoms with Crippen LogP contribution in [0.3, 0.4) is 0 Å². The van der Waals surface area contributed by atoms with E-state index in [1.54, 1.807) is 0 Å². The molecule has 0 aromatic heterocycles. The van der Waals surface area contributed by atoms with Crippen molar-refractivity contribution in [2.24, 2.45) is 0 Å². The van der Waals surface area contributed by atoms with E-state index in [0.717, 1.165) is 19.4 Å². The minimum Gasteiger partial charge on any atom is -0.373 e. The Hall–Kier alpha value is -0.470. The van der Waals surface area contributed by atoms with E-state index in [4.69, 9.17) is 4.74 Å². The average molecular weight is 194 g/mol. The van der Waals surface area contributed by atoms with E-state index in [1.165, 1.54) is 5.56 Å². The van der Waals surface area contributed by atoms with Crippen LogP contribution < -0.4 is 0 Å². The molecule has 1 aliphatic rings. The van der Waals surface area contributed by atoms with Gasteiger partial charge in [-0.3, -0.25) is 0 Å². The molecule has 0 heterocycles. The third-order valence-corrected chi connectivity index (χ3v) is 2.82. The van der Waals surface area contributed by atoms with Gasteiger partial charge in [-0.15, -0.1) is 0 Å². The number of thiol groups is 1. The molecule has 0 amide bonds. The lowest BCUT2D eigenvalue weighted by Gasteiger charge is -2.31. The molecule has 70 valence electrons. The highest BCUT2D eigenvalue weighted by molar-refractivity contribution is 7.81. The Labute approximate surface area is 84.5 Å². The van der Waals surface area contributed by atoms with Crippen LogP contribution in [0.1, 0.15) is 18.4 Å². The molecule has 0 atom stereocenters. The molecule has 1 fully saturated rings. The summed E-state index contributed by atoms with van der Waals surface area (Å²) in [5, 5.41) is 0.570. The van der Waals surface area contributed by atoms with Crippen molar-refractivity contribution in [2.45, 2.75) is 30.8 Å². The first-order chi connectivity index (χ1) is 6.34. The van der Waals surface area contributed by atoms with E-state index < -0.39 is 0 Å². The SMILES string of the molecule is SC1CC(OCc2ccccc2)C1. The molecule has 1 aliphatic carbocycles. The highest BCUT2D eigenvalue weighted by atomic mass is 32.1. The zero-order chi connectivity index (χ0) is 9.10. The summed E-state index contributed by atoms with van der Waals surface area (Å²) in [6, 6.07) is 10.3. The molecule has 0 aliphatic heterocycles. The van der Waals surface area contributed by atoms with Gasteiger partial charge in [-0.25, -0.2) is 0 Å². The van der Waals surface area contributed by atoms with Crippen molar-refractivity contribution in [3.63, 3.8) is 0 Å². The zero-order valence-electron chi connectivity index (χ0n) is 7.52. The fraction of sp³-hybridized carbons (Fsp3) is 0.455. The van der Waals surface area contributed by atoms with Crippen LogP contribution in [0.5, 0.6) is 0 Å². The van der Waals surface area contributed by atoms with E-state index >= 15 is 0 Å². The van der Waals surface area contributed by atoms with Gasteiger partial charge in [0.05, 0.1) is 12.7 Å². The zero-order valence-corrected chi connectivity index (χ0v) is 8.41. The fourth-order valence-corrected chi connectivity index (χ4v) is 1.93. The molecular formula is C11H14OS. The van der Waals surface area contributed by atoms with Gasteiger partial charge in [-0.2, -0.15) is 12.6 Å². The lowest BCUT2D eigenvalue weighted by atomic mass is 9.95. The Bertz CT molecular complexity index is 254. The van der Waals surface area contributed by atoms with Crippen molar-refractivity contribution in [3.8, 4) is 0 Å². The van der Waals surface area contributed by atoms with Gasteiger partial charge in [0.15, 0.2) is 0 Å². The van der Waals surface area contributed by atoms with E-state index in [0.29, 0.717) is 11.4 Å². The van der Waals surface area contributed by atoms with Gasteiger partial charge >= 0.3 is 0 Å². The van der Waals surface area contributed by atoms with Crippen LogP contribution >= 0.6 is 12.6 Å². The first kappa shape index (κ1) is 9.10. The van der Waals surface area contributed by atoms with Crippen molar-refractivity contribution >= 4 is 12.6 Å². The molecule has 0 spiro atoms. The van der Waals surface area contributed by atoms with E-state index in [-0.39, 0.29) is 0 Å². The Kier molecular flexibility index (Phi) is 2.91. The van der Waals surface area contributed by atoms with Gasteiger partial charge in [-0.1, -0.05) is 30.3 Å². The summed E-state index contributed by atoms with van der Waals surface area (Å²) in [6.07, 6.45) is 2.66. The van der Waals surface area contributed by atoms with Crippen molar-refractivity contribution in [2.75, 3.05) is 0 Å². The minimum atomic E-state index is 0.447. The Morgan fingerprint density at radius 3 is 2.54 bits per heavy atom. The molecule has 13 heavy (non-hydrogen) atoms. The van der Waals surface area contributed by atoms with Crippen LogP contribution in [0.2, 0.25) is 0 Å². The summed E-state index contributed by atoms with van der Waals surface area (Å²) in [5.41, 5.74) is 1.25. The number of hydrogen-bond donors (Lipinski definition) is 1. The molecule has 0 N–H and O–H groups in total. The molecule has 0 radical (unpaired) electrons. The maximum absolute atomic E-state index is 5.69. The van der Waals surface area contributed by atoms with Crippen molar-refractivity contribution in [1.82, 2.24) is 0 Å². The van der Waals surface area contributed by atoms with Gasteiger partial charge in [0.1, 0.15) is 0 Å². The van der Waals surface area contributed by atoms with E-state index in [1.807, 2.05) is 18.2 Å². The quantitative estimate of drug-likeness (QED) is 0.728. The van der Waals surface area contributed by atoms with Crippen LogP contribution in [0.4, 0.5) is 0 Å². The van der Waals surface area contributed by atoms with Crippen LogP contribution in [-0.2, 0) is 11.3 Å². The maximum atomic E-state index is 5.69. The minimum absolute atomic E-state index is 0.447. The molecule has 1 aromatic carbocycles. The first-order valence-electron chi connectivity index (χ1n) is 4.68. The largest absolute Gasteiger partial charge is 0.373 e. The van der Waals surface area contributed by atoms with Crippen LogP contribution in [0.15, 0.2) is 30.3 Å². The Morgan fingerprint density at radius 2 is 1.92 bits per heavy atom. The van der Waals surface area contributed by atoms with Crippen LogP contribution in [0, 0.1) is 0 Å². The summed E-state index contributed by atoms with van der Waals surface area (Å²) in [5.74, 6) is 0. The van der Waals surface area contributed by atoms with Gasteiger partial charge in [0, 0.05) is 5.25 Å².